The highest BCUT2D eigenvalue weighted by atomic mass is 16.5. The number of benzene rings is 1. The molecule has 0 spiro atoms. The van der Waals surface area contributed by atoms with Crippen molar-refractivity contribution in [1.82, 2.24) is 10.3 Å². The van der Waals surface area contributed by atoms with Crippen molar-refractivity contribution in [3.05, 3.63) is 42.1 Å². The molecule has 106 valence electrons. The molecular weight excluding hydrogens is 248 g/mol. The predicted octanol–water partition coefficient (Wildman–Crippen LogP) is 3.31. The molecule has 2 aromatic rings. The number of hydrogen-bond acceptors (Lipinski definition) is 3. The first-order valence-corrected chi connectivity index (χ1v) is 7.54. The van der Waals surface area contributed by atoms with E-state index >= 15 is 0 Å². The summed E-state index contributed by atoms with van der Waals surface area (Å²) < 4.78 is 5.66. The summed E-state index contributed by atoms with van der Waals surface area (Å²) in [6, 6.07) is 10.9. The van der Waals surface area contributed by atoms with Crippen LogP contribution in [0.1, 0.15) is 31.4 Å². The molecule has 0 amide bonds. The van der Waals surface area contributed by atoms with Crippen LogP contribution in [0.4, 0.5) is 0 Å². The lowest BCUT2D eigenvalue weighted by molar-refractivity contribution is 0.0392. The lowest BCUT2D eigenvalue weighted by atomic mass is 9.89. The van der Waals surface area contributed by atoms with Gasteiger partial charge in [-0.15, -0.1) is 0 Å². The largest absolute Gasteiger partial charge is 0.381 e. The fourth-order valence-electron chi connectivity index (χ4n) is 3.06. The van der Waals surface area contributed by atoms with Gasteiger partial charge in [-0.3, -0.25) is 4.98 Å². The van der Waals surface area contributed by atoms with Crippen molar-refractivity contribution >= 4 is 10.9 Å². The zero-order chi connectivity index (χ0) is 13.8. The Bertz CT molecular complexity index is 564. The molecule has 3 nitrogen and oxygen atoms in total. The average Bonchev–Trinajstić information content (AvgIpc) is 2.53. The lowest BCUT2D eigenvalue weighted by Crippen LogP contribution is -2.33. The summed E-state index contributed by atoms with van der Waals surface area (Å²) in [5.41, 5.74) is 2.34. The highest BCUT2D eigenvalue weighted by Crippen LogP contribution is 2.29. The molecule has 0 radical (unpaired) electrons. The zero-order valence-electron chi connectivity index (χ0n) is 12.0. The third-order valence-corrected chi connectivity index (χ3v) is 4.06. The maximum Gasteiger partial charge on any atom is 0.0702 e. The van der Waals surface area contributed by atoms with Crippen LogP contribution in [0.2, 0.25) is 0 Å². The van der Waals surface area contributed by atoms with Gasteiger partial charge in [0, 0.05) is 30.1 Å². The molecule has 2 atom stereocenters. The van der Waals surface area contributed by atoms with Gasteiger partial charge in [-0.2, -0.15) is 0 Å². The Kier molecular flexibility index (Phi) is 4.28. The second-order valence-corrected chi connectivity index (χ2v) is 5.47. The van der Waals surface area contributed by atoms with Gasteiger partial charge in [-0.1, -0.05) is 25.1 Å². The lowest BCUT2D eigenvalue weighted by Gasteiger charge is -2.31. The molecule has 1 aliphatic rings. The summed E-state index contributed by atoms with van der Waals surface area (Å²) in [5, 5.41) is 4.83. The van der Waals surface area contributed by atoms with Gasteiger partial charge < -0.3 is 10.1 Å². The average molecular weight is 270 g/mol. The first-order chi connectivity index (χ1) is 9.88. The topological polar surface area (TPSA) is 34.2 Å². The van der Waals surface area contributed by atoms with E-state index < -0.39 is 0 Å². The van der Waals surface area contributed by atoms with Crippen LogP contribution in [-0.2, 0) is 4.74 Å². The van der Waals surface area contributed by atoms with E-state index in [1.807, 2.05) is 12.3 Å². The van der Waals surface area contributed by atoms with E-state index in [2.05, 4.69) is 41.5 Å². The van der Waals surface area contributed by atoms with Gasteiger partial charge in [-0.05, 0) is 37.1 Å². The molecule has 3 heteroatoms. The van der Waals surface area contributed by atoms with E-state index in [1.165, 1.54) is 17.4 Å². The first-order valence-electron chi connectivity index (χ1n) is 7.54. The van der Waals surface area contributed by atoms with Gasteiger partial charge in [0.25, 0.3) is 0 Å². The Morgan fingerprint density at radius 1 is 1.40 bits per heavy atom. The summed E-state index contributed by atoms with van der Waals surface area (Å²) in [5.74, 6) is 0.548. The van der Waals surface area contributed by atoms with Crippen molar-refractivity contribution in [3.8, 4) is 0 Å². The van der Waals surface area contributed by atoms with Crippen LogP contribution in [-0.4, -0.2) is 24.7 Å². The SMILES string of the molecule is CCNC(c1cnc2ccccc2c1)C1CCCOC1. The van der Waals surface area contributed by atoms with Gasteiger partial charge in [0.05, 0.1) is 12.1 Å². The van der Waals surface area contributed by atoms with Crippen molar-refractivity contribution in [2.45, 2.75) is 25.8 Å². The van der Waals surface area contributed by atoms with E-state index in [9.17, 15) is 0 Å². The van der Waals surface area contributed by atoms with E-state index in [0.29, 0.717) is 12.0 Å². The maximum atomic E-state index is 5.66. The Morgan fingerprint density at radius 3 is 3.10 bits per heavy atom. The number of nitrogens with one attached hydrogen (secondary N) is 1. The highest BCUT2D eigenvalue weighted by molar-refractivity contribution is 5.78. The minimum atomic E-state index is 0.345. The number of para-hydroxylation sites is 1. The molecule has 3 rings (SSSR count). The molecule has 1 saturated heterocycles. The molecule has 1 fully saturated rings. The van der Waals surface area contributed by atoms with Gasteiger partial charge in [0.2, 0.25) is 0 Å². The number of pyridine rings is 1. The number of ether oxygens (including phenoxy) is 1. The summed E-state index contributed by atoms with van der Waals surface area (Å²) in [4.78, 5) is 4.60. The Hall–Kier alpha value is -1.45. The molecular formula is C17H22N2O. The predicted molar refractivity (Wildman–Crippen MR) is 81.7 cm³/mol. The number of rotatable bonds is 4. The quantitative estimate of drug-likeness (QED) is 0.925. The molecule has 1 aromatic carbocycles. The Labute approximate surface area is 120 Å². The number of fused-ring (bicyclic) bond motifs is 1. The van der Waals surface area contributed by atoms with Crippen molar-refractivity contribution in [3.63, 3.8) is 0 Å². The van der Waals surface area contributed by atoms with Gasteiger partial charge in [0.15, 0.2) is 0 Å². The minimum absolute atomic E-state index is 0.345. The van der Waals surface area contributed by atoms with Gasteiger partial charge in [-0.25, -0.2) is 0 Å². The van der Waals surface area contributed by atoms with E-state index in [0.717, 1.165) is 31.7 Å². The van der Waals surface area contributed by atoms with Crippen LogP contribution in [0, 0.1) is 5.92 Å². The standard InChI is InChI=1S/C17H22N2O/c1-2-18-17(14-7-5-9-20-12-14)15-10-13-6-3-4-8-16(13)19-11-15/h3-4,6,8,10-11,14,17-18H,2,5,7,9,12H2,1H3. The van der Waals surface area contributed by atoms with Crippen molar-refractivity contribution in [2.24, 2.45) is 5.92 Å². The molecule has 0 saturated carbocycles. The van der Waals surface area contributed by atoms with Crippen LogP contribution < -0.4 is 5.32 Å². The number of nitrogens with zero attached hydrogens (tertiary/aromatic N) is 1. The molecule has 0 aliphatic carbocycles. The molecule has 1 aliphatic heterocycles. The van der Waals surface area contributed by atoms with E-state index in [4.69, 9.17) is 4.74 Å². The van der Waals surface area contributed by atoms with Crippen molar-refractivity contribution < 1.29 is 4.74 Å². The van der Waals surface area contributed by atoms with Gasteiger partial charge in [0.1, 0.15) is 0 Å². The summed E-state index contributed by atoms with van der Waals surface area (Å²) in [6.07, 6.45) is 4.41. The van der Waals surface area contributed by atoms with Crippen molar-refractivity contribution in [2.75, 3.05) is 19.8 Å². The first kappa shape index (κ1) is 13.5. The molecule has 1 N–H and O–H groups in total. The second-order valence-electron chi connectivity index (χ2n) is 5.47. The third kappa shape index (κ3) is 2.84. The van der Waals surface area contributed by atoms with E-state index in [-0.39, 0.29) is 0 Å². The van der Waals surface area contributed by atoms with Crippen LogP contribution in [0.5, 0.6) is 0 Å². The smallest absolute Gasteiger partial charge is 0.0702 e. The third-order valence-electron chi connectivity index (χ3n) is 4.06. The summed E-state index contributed by atoms with van der Waals surface area (Å²) in [6.45, 7) is 4.88. The van der Waals surface area contributed by atoms with Crippen molar-refractivity contribution in [1.29, 1.82) is 0 Å². The fourth-order valence-corrected chi connectivity index (χ4v) is 3.06. The van der Waals surface area contributed by atoms with Crippen LogP contribution in [0.3, 0.4) is 0 Å². The van der Waals surface area contributed by atoms with E-state index in [1.54, 1.807) is 0 Å². The number of aromatic nitrogens is 1. The normalized spacial score (nSPS) is 20.9. The highest BCUT2D eigenvalue weighted by Gasteiger charge is 2.25. The fraction of sp³-hybridized carbons (Fsp3) is 0.471. The molecule has 20 heavy (non-hydrogen) atoms. The monoisotopic (exact) mass is 270 g/mol. The molecule has 2 heterocycles. The Morgan fingerprint density at radius 2 is 2.30 bits per heavy atom. The second kappa shape index (κ2) is 6.33. The minimum Gasteiger partial charge on any atom is -0.381 e. The van der Waals surface area contributed by atoms with Crippen LogP contribution >= 0.6 is 0 Å². The Balaban J connectivity index is 1.91. The molecule has 1 aromatic heterocycles. The molecule has 2 unspecified atom stereocenters. The molecule has 0 bridgehead atoms. The van der Waals surface area contributed by atoms with Crippen LogP contribution in [0.15, 0.2) is 36.5 Å². The van der Waals surface area contributed by atoms with Crippen LogP contribution in [0.25, 0.3) is 10.9 Å². The number of hydrogen-bond donors (Lipinski definition) is 1. The maximum absolute atomic E-state index is 5.66. The summed E-state index contributed by atoms with van der Waals surface area (Å²) in [7, 11) is 0. The zero-order valence-corrected chi connectivity index (χ0v) is 12.0. The summed E-state index contributed by atoms with van der Waals surface area (Å²) >= 11 is 0. The van der Waals surface area contributed by atoms with Gasteiger partial charge >= 0.3 is 0 Å².